The van der Waals surface area contributed by atoms with Crippen LogP contribution in [0.15, 0.2) is 33.7 Å². The van der Waals surface area contributed by atoms with E-state index >= 15 is 0 Å². The van der Waals surface area contributed by atoms with Crippen molar-refractivity contribution >= 4 is 37.5 Å². The normalized spacial score (nSPS) is 28.9. The van der Waals surface area contributed by atoms with E-state index in [1.165, 1.54) is 11.3 Å². The SMILES string of the molecule is C=CC(C)(C)[C@]12CCN(C)[C@H]1Nc1cc(Br)c(Br)cc12. The summed E-state index contributed by atoms with van der Waals surface area (Å²) in [6, 6.07) is 4.46. The number of nitrogens with zero attached hydrogens (tertiary/aromatic N) is 1. The predicted molar refractivity (Wildman–Crippen MR) is 92.2 cm³/mol. The number of likely N-dealkylation sites (N-methyl/N-ethyl adjacent to an activating group) is 1. The van der Waals surface area contributed by atoms with Crippen LogP contribution in [0.25, 0.3) is 0 Å². The summed E-state index contributed by atoms with van der Waals surface area (Å²) in [5.74, 6) is 0. The van der Waals surface area contributed by atoms with Crippen molar-refractivity contribution in [3.8, 4) is 0 Å². The Labute approximate surface area is 137 Å². The maximum atomic E-state index is 4.10. The first-order valence-corrected chi connectivity index (χ1v) is 8.52. The summed E-state index contributed by atoms with van der Waals surface area (Å²) in [7, 11) is 2.20. The largest absolute Gasteiger partial charge is 0.369 e. The number of halogens is 2. The second-order valence-electron chi connectivity index (χ2n) is 6.49. The molecule has 4 heteroatoms. The lowest BCUT2D eigenvalue weighted by Crippen LogP contribution is -2.49. The van der Waals surface area contributed by atoms with E-state index in [0.717, 1.165) is 21.9 Å². The summed E-state index contributed by atoms with van der Waals surface area (Å²) in [6.07, 6.45) is 3.61. The van der Waals surface area contributed by atoms with Crippen LogP contribution in [0.1, 0.15) is 25.8 Å². The third-order valence-electron chi connectivity index (χ3n) is 5.26. The molecule has 1 fully saturated rings. The Bertz CT molecular complexity index is 582. The molecule has 0 aromatic heterocycles. The van der Waals surface area contributed by atoms with Crippen LogP contribution in [-0.2, 0) is 5.41 Å². The number of fused-ring (bicyclic) bond motifs is 3. The van der Waals surface area contributed by atoms with Gasteiger partial charge in [0, 0.05) is 26.6 Å². The van der Waals surface area contributed by atoms with E-state index in [1.807, 2.05) is 0 Å². The molecule has 0 spiro atoms. The second kappa shape index (κ2) is 4.59. The standard InChI is InChI=1S/C16H20Br2N2/c1-5-15(2,3)16-6-7-20(4)14(16)19-13-9-12(18)11(17)8-10(13)16/h5,8-9,14,19H,1,6-7H2,2-4H3/t14-,16+/m1/s1. The zero-order valence-corrected chi connectivity index (χ0v) is 15.3. The molecule has 0 unspecified atom stereocenters. The lowest BCUT2D eigenvalue weighted by atomic mass is 9.61. The van der Waals surface area contributed by atoms with Crippen molar-refractivity contribution < 1.29 is 0 Å². The average Bonchev–Trinajstić information content (AvgIpc) is 2.88. The van der Waals surface area contributed by atoms with E-state index in [1.54, 1.807) is 0 Å². The minimum Gasteiger partial charge on any atom is -0.369 e. The van der Waals surface area contributed by atoms with Crippen LogP contribution in [-0.4, -0.2) is 24.7 Å². The maximum absolute atomic E-state index is 4.10. The van der Waals surface area contributed by atoms with E-state index in [-0.39, 0.29) is 10.8 Å². The van der Waals surface area contributed by atoms with Gasteiger partial charge in [0.15, 0.2) is 0 Å². The number of likely N-dealkylation sites (tertiary alicyclic amines) is 1. The molecule has 1 aromatic rings. The highest BCUT2D eigenvalue weighted by molar-refractivity contribution is 9.13. The van der Waals surface area contributed by atoms with Crippen molar-refractivity contribution in [1.82, 2.24) is 4.90 Å². The number of rotatable bonds is 2. The molecule has 0 bridgehead atoms. The molecule has 0 aliphatic carbocycles. The van der Waals surface area contributed by atoms with Gasteiger partial charge in [0.25, 0.3) is 0 Å². The quantitative estimate of drug-likeness (QED) is 0.722. The zero-order valence-electron chi connectivity index (χ0n) is 12.1. The van der Waals surface area contributed by atoms with Crippen molar-refractivity contribution in [2.45, 2.75) is 31.8 Å². The number of allylic oxidation sites excluding steroid dienone is 1. The highest BCUT2D eigenvalue weighted by Crippen LogP contribution is 2.58. The number of hydrogen-bond donors (Lipinski definition) is 1. The molecule has 108 valence electrons. The van der Waals surface area contributed by atoms with Gasteiger partial charge in [-0.15, -0.1) is 6.58 Å². The third kappa shape index (κ3) is 1.71. The lowest BCUT2D eigenvalue weighted by Gasteiger charge is -2.43. The van der Waals surface area contributed by atoms with Crippen molar-refractivity contribution in [3.63, 3.8) is 0 Å². The Hall–Kier alpha value is -0.320. The summed E-state index contributed by atoms with van der Waals surface area (Å²) in [6.45, 7) is 9.82. The fourth-order valence-corrected chi connectivity index (χ4v) is 4.58. The lowest BCUT2D eigenvalue weighted by molar-refractivity contribution is 0.178. The van der Waals surface area contributed by atoms with E-state index in [0.29, 0.717) is 6.17 Å². The predicted octanol–water partition coefficient (Wildman–Crippen LogP) is 4.75. The Balaban J connectivity index is 2.26. The molecule has 0 saturated carbocycles. The van der Waals surface area contributed by atoms with Gasteiger partial charge >= 0.3 is 0 Å². The minimum atomic E-state index is 0.0357. The summed E-state index contributed by atoms with van der Waals surface area (Å²) in [5.41, 5.74) is 2.77. The molecule has 2 heterocycles. The van der Waals surface area contributed by atoms with Crippen LogP contribution in [0.5, 0.6) is 0 Å². The molecule has 2 aliphatic rings. The zero-order chi connectivity index (χ0) is 14.7. The number of hydrogen-bond acceptors (Lipinski definition) is 2. The first kappa shape index (κ1) is 14.6. The topological polar surface area (TPSA) is 15.3 Å². The van der Waals surface area contributed by atoms with Crippen LogP contribution in [0.4, 0.5) is 5.69 Å². The van der Waals surface area contributed by atoms with Gasteiger partial charge in [-0.05, 0) is 68.4 Å². The molecule has 20 heavy (non-hydrogen) atoms. The molecule has 2 nitrogen and oxygen atoms in total. The van der Waals surface area contributed by atoms with Gasteiger partial charge in [0.05, 0.1) is 6.17 Å². The van der Waals surface area contributed by atoms with Gasteiger partial charge in [0.2, 0.25) is 0 Å². The summed E-state index contributed by atoms with van der Waals surface area (Å²) in [4.78, 5) is 2.42. The smallest absolute Gasteiger partial charge is 0.0899 e. The number of benzene rings is 1. The third-order valence-corrected chi connectivity index (χ3v) is 7.10. The van der Waals surface area contributed by atoms with E-state index in [2.05, 4.69) is 87.8 Å². The Morgan fingerprint density at radius 2 is 2.05 bits per heavy atom. The maximum Gasteiger partial charge on any atom is 0.0899 e. The van der Waals surface area contributed by atoms with Crippen LogP contribution in [0, 0.1) is 5.41 Å². The van der Waals surface area contributed by atoms with Gasteiger partial charge in [-0.1, -0.05) is 19.9 Å². The Morgan fingerprint density at radius 3 is 2.70 bits per heavy atom. The average molecular weight is 400 g/mol. The fourth-order valence-electron chi connectivity index (χ4n) is 3.90. The van der Waals surface area contributed by atoms with Crippen molar-refractivity contribution in [3.05, 3.63) is 39.3 Å². The van der Waals surface area contributed by atoms with Crippen molar-refractivity contribution in [2.24, 2.45) is 5.41 Å². The molecular formula is C16H20Br2N2. The van der Waals surface area contributed by atoms with Gasteiger partial charge in [-0.25, -0.2) is 0 Å². The molecule has 2 aliphatic heterocycles. The molecule has 2 atom stereocenters. The van der Waals surface area contributed by atoms with Gasteiger partial charge in [-0.2, -0.15) is 0 Å². The molecule has 1 N–H and O–H groups in total. The molecule has 3 rings (SSSR count). The molecule has 0 radical (unpaired) electrons. The number of nitrogens with one attached hydrogen (secondary N) is 1. The van der Waals surface area contributed by atoms with Crippen LogP contribution in [0.2, 0.25) is 0 Å². The van der Waals surface area contributed by atoms with Crippen LogP contribution < -0.4 is 5.32 Å². The van der Waals surface area contributed by atoms with Gasteiger partial charge in [0.1, 0.15) is 0 Å². The fraction of sp³-hybridized carbons (Fsp3) is 0.500. The highest BCUT2D eigenvalue weighted by Gasteiger charge is 2.59. The van der Waals surface area contributed by atoms with E-state index < -0.39 is 0 Å². The molecule has 1 aromatic carbocycles. The first-order valence-electron chi connectivity index (χ1n) is 6.93. The van der Waals surface area contributed by atoms with E-state index in [4.69, 9.17) is 0 Å². The minimum absolute atomic E-state index is 0.0357. The Morgan fingerprint density at radius 1 is 1.40 bits per heavy atom. The summed E-state index contributed by atoms with van der Waals surface area (Å²) < 4.78 is 2.21. The number of anilines is 1. The van der Waals surface area contributed by atoms with Crippen LogP contribution in [0.3, 0.4) is 0 Å². The van der Waals surface area contributed by atoms with Gasteiger partial charge in [-0.3, -0.25) is 4.90 Å². The molecular weight excluding hydrogens is 380 g/mol. The molecule has 1 saturated heterocycles. The molecule has 0 amide bonds. The summed E-state index contributed by atoms with van der Waals surface area (Å²) in [5, 5.41) is 3.72. The second-order valence-corrected chi connectivity index (χ2v) is 8.20. The van der Waals surface area contributed by atoms with E-state index in [9.17, 15) is 0 Å². The Kier molecular flexibility index (Phi) is 3.35. The van der Waals surface area contributed by atoms with Crippen molar-refractivity contribution in [1.29, 1.82) is 0 Å². The monoisotopic (exact) mass is 398 g/mol. The first-order chi connectivity index (χ1) is 9.33. The highest BCUT2D eigenvalue weighted by atomic mass is 79.9. The summed E-state index contributed by atoms with van der Waals surface area (Å²) >= 11 is 7.27. The van der Waals surface area contributed by atoms with Crippen LogP contribution >= 0.6 is 31.9 Å². The van der Waals surface area contributed by atoms with Gasteiger partial charge < -0.3 is 5.32 Å². The van der Waals surface area contributed by atoms with Crippen molar-refractivity contribution in [2.75, 3.05) is 18.9 Å².